The summed E-state index contributed by atoms with van der Waals surface area (Å²) in [6.45, 7) is 4.07. The number of piperidine rings is 1. The Hall–Kier alpha value is -3.50. The highest BCUT2D eigenvalue weighted by Gasteiger charge is 2.55. The number of halogens is 2. The highest BCUT2D eigenvalue weighted by molar-refractivity contribution is 6.02. The fraction of sp³-hybridized carbons (Fsp3) is 0.333. The standard InChI is InChI=1S/C27H22F2N4O/c1-3-15-20(28)5-4-13-7-14(34)8-16(22(13)15)26-24(29)27-19(11-31-26)25(23-17-9-30-10-18(17)23)32-33(27)21-6-12(21)2/h1,4-5,7-8,11-12,17-18,21,23,30,34H,6,9-10H2,2H3/t12-,17-,18+,21-,23?/m0/s1. The first-order valence-electron chi connectivity index (χ1n) is 11.7. The summed E-state index contributed by atoms with van der Waals surface area (Å²) in [5, 5.41) is 20.3. The van der Waals surface area contributed by atoms with E-state index in [-0.39, 0.29) is 28.6 Å². The molecule has 2 saturated carbocycles. The molecule has 1 saturated heterocycles. The quantitative estimate of drug-likeness (QED) is 0.438. The molecule has 1 unspecified atom stereocenters. The number of aromatic nitrogens is 3. The summed E-state index contributed by atoms with van der Waals surface area (Å²) in [6.07, 6.45) is 8.26. The van der Waals surface area contributed by atoms with Crippen molar-refractivity contribution in [1.29, 1.82) is 0 Å². The molecule has 5 atom stereocenters. The van der Waals surface area contributed by atoms with E-state index in [4.69, 9.17) is 11.5 Å². The normalized spacial score (nSPS) is 27.2. The van der Waals surface area contributed by atoms with Gasteiger partial charge in [-0.05, 0) is 60.8 Å². The summed E-state index contributed by atoms with van der Waals surface area (Å²) in [6, 6.07) is 5.82. The molecular formula is C27H22F2N4O. The van der Waals surface area contributed by atoms with E-state index in [9.17, 15) is 9.50 Å². The number of nitrogens with one attached hydrogen (secondary N) is 1. The SMILES string of the molecule is C#Cc1c(F)ccc2cc(O)cc(-c3ncc4c(C5[C@H]6CNC[C@@H]56)nn([C@H]5C[C@@H]5C)c4c3F)c12. The van der Waals surface area contributed by atoms with Crippen molar-refractivity contribution in [1.82, 2.24) is 20.1 Å². The first-order valence-corrected chi connectivity index (χ1v) is 11.7. The summed E-state index contributed by atoms with van der Waals surface area (Å²) in [5.74, 6) is 3.08. The number of nitrogens with zero attached hydrogens (tertiary/aromatic N) is 3. The van der Waals surface area contributed by atoms with Crippen LogP contribution in [0.15, 0.2) is 30.5 Å². The van der Waals surface area contributed by atoms with E-state index in [1.54, 1.807) is 6.20 Å². The van der Waals surface area contributed by atoms with Gasteiger partial charge in [0, 0.05) is 28.5 Å². The Morgan fingerprint density at radius 1 is 1.21 bits per heavy atom. The molecule has 0 amide bonds. The molecule has 2 aliphatic carbocycles. The molecule has 2 N–H and O–H groups in total. The van der Waals surface area contributed by atoms with E-state index in [1.165, 1.54) is 24.3 Å². The van der Waals surface area contributed by atoms with Gasteiger partial charge in [-0.25, -0.2) is 8.78 Å². The lowest BCUT2D eigenvalue weighted by Gasteiger charge is -2.12. The number of hydrogen-bond acceptors (Lipinski definition) is 4. The van der Waals surface area contributed by atoms with Gasteiger partial charge in [0.2, 0.25) is 0 Å². The fourth-order valence-corrected chi connectivity index (χ4v) is 6.00. The zero-order chi connectivity index (χ0) is 23.3. The number of aromatic hydroxyl groups is 1. The van der Waals surface area contributed by atoms with Crippen molar-refractivity contribution in [3.8, 4) is 29.4 Å². The molecule has 1 aliphatic heterocycles. The average molecular weight is 456 g/mol. The fourth-order valence-electron chi connectivity index (χ4n) is 6.00. The second-order valence-electron chi connectivity index (χ2n) is 9.96. The van der Waals surface area contributed by atoms with Crippen molar-refractivity contribution in [3.63, 3.8) is 0 Å². The van der Waals surface area contributed by atoms with Crippen LogP contribution < -0.4 is 5.32 Å². The Labute approximate surface area is 194 Å². The summed E-state index contributed by atoms with van der Waals surface area (Å²) in [5.41, 5.74) is 1.70. The number of terminal acetylenes is 1. The van der Waals surface area contributed by atoms with E-state index in [1.807, 2.05) is 4.68 Å². The number of phenols is 1. The van der Waals surface area contributed by atoms with E-state index in [0.29, 0.717) is 40.0 Å². The first-order chi connectivity index (χ1) is 16.5. The smallest absolute Gasteiger partial charge is 0.175 e. The van der Waals surface area contributed by atoms with Crippen molar-refractivity contribution in [2.75, 3.05) is 13.1 Å². The number of phenolic OH excluding ortho intramolecular Hbond substituents is 1. The van der Waals surface area contributed by atoms with Gasteiger partial charge in [-0.1, -0.05) is 18.9 Å². The second-order valence-corrected chi connectivity index (χ2v) is 9.96. The van der Waals surface area contributed by atoms with Crippen LogP contribution >= 0.6 is 0 Å². The van der Waals surface area contributed by atoms with Crippen LogP contribution in [-0.4, -0.2) is 33.0 Å². The van der Waals surface area contributed by atoms with Crippen LogP contribution in [0, 0.1) is 41.7 Å². The van der Waals surface area contributed by atoms with E-state index >= 15 is 4.39 Å². The lowest BCUT2D eigenvalue weighted by atomic mass is 9.95. The second kappa shape index (κ2) is 6.77. The van der Waals surface area contributed by atoms with Gasteiger partial charge >= 0.3 is 0 Å². The lowest BCUT2D eigenvalue weighted by Crippen LogP contribution is -2.14. The van der Waals surface area contributed by atoms with Crippen LogP contribution in [0.1, 0.15) is 36.6 Å². The van der Waals surface area contributed by atoms with Gasteiger partial charge in [-0.3, -0.25) is 9.67 Å². The Bertz CT molecular complexity index is 1560. The molecule has 7 heteroatoms. The zero-order valence-electron chi connectivity index (χ0n) is 18.5. The molecule has 4 aromatic rings. The summed E-state index contributed by atoms with van der Waals surface area (Å²) >= 11 is 0. The molecule has 3 aliphatic rings. The molecular weight excluding hydrogens is 434 g/mol. The van der Waals surface area contributed by atoms with Crippen LogP contribution in [0.5, 0.6) is 5.75 Å². The predicted molar refractivity (Wildman–Crippen MR) is 125 cm³/mol. The predicted octanol–water partition coefficient (Wildman–Crippen LogP) is 4.73. The minimum absolute atomic E-state index is 0.0251. The molecule has 0 bridgehead atoms. The van der Waals surface area contributed by atoms with Crippen molar-refractivity contribution in [3.05, 3.63) is 53.4 Å². The number of fused-ring (bicyclic) bond motifs is 3. The van der Waals surface area contributed by atoms with Crippen LogP contribution in [0.3, 0.4) is 0 Å². The van der Waals surface area contributed by atoms with Crippen molar-refractivity contribution in [2.45, 2.75) is 25.3 Å². The minimum Gasteiger partial charge on any atom is -0.508 e. The number of rotatable bonds is 3. The molecule has 170 valence electrons. The average Bonchev–Trinajstić information content (AvgIpc) is 3.58. The Morgan fingerprint density at radius 3 is 2.68 bits per heavy atom. The lowest BCUT2D eigenvalue weighted by molar-refractivity contribution is 0.476. The highest BCUT2D eigenvalue weighted by atomic mass is 19.1. The topological polar surface area (TPSA) is 63.0 Å². The first kappa shape index (κ1) is 19.9. The zero-order valence-corrected chi connectivity index (χ0v) is 18.5. The third-order valence-electron chi connectivity index (χ3n) is 7.95. The third kappa shape index (κ3) is 2.63. The number of pyridine rings is 1. The summed E-state index contributed by atoms with van der Waals surface area (Å²) < 4.78 is 32.8. The third-order valence-corrected chi connectivity index (χ3v) is 7.95. The highest BCUT2D eigenvalue weighted by Crippen LogP contribution is 2.57. The maximum Gasteiger partial charge on any atom is 0.175 e. The van der Waals surface area contributed by atoms with E-state index in [0.717, 1.165) is 30.6 Å². The van der Waals surface area contributed by atoms with Gasteiger partial charge < -0.3 is 10.4 Å². The molecule has 3 fully saturated rings. The molecule has 2 aromatic carbocycles. The van der Waals surface area contributed by atoms with E-state index in [2.05, 4.69) is 23.1 Å². The van der Waals surface area contributed by atoms with Crippen LogP contribution in [-0.2, 0) is 0 Å². The molecule has 7 rings (SSSR count). The van der Waals surface area contributed by atoms with Crippen molar-refractivity contribution < 1.29 is 13.9 Å². The largest absolute Gasteiger partial charge is 0.508 e. The van der Waals surface area contributed by atoms with Gasteiger partial charge in [-0.15, -0.1) is 6.42 Å². The Balaban J connectivity index is 1.50. The summed E-state index contributed by atoms with van der Waals surface area (Å²) in [7, 11) is 0. The Kier molecular flexibility index (Phi) is 3.97. The van der Waals surface area contributed by atoms with Gasteiger partial charge in [0.25, 0.3) is 0 Å². The minimum atomic E-state index is -0.573. The van der Waals surface area contributed by atoms with Gasteiger partial charge in [0.05, 0.1) is 17.3 Å². The molecule has 2 aromatic heterocycles. The number of benzene rings is 2. The van der Waals surface area contributed by atoms with Gasteiger partial charge in [-0.2, -0.15) is 5.10 Å². The molecule has 3 heterocycles. The molecule has 5 nitrogen and oxygen atoms in total. The van der Waals surface area contributed by atoms with Gasteiger partial charge in [0.1, 0.15) is 22.8 Å². The van der Waals surface area contributed by atoms with Crippen molar-refractivity contribution in [2.24, 2.45) is 17.8 Å². The Morgan fingerprint density at radius 2 is 1.97 bits per heavy atom. The van der Waals surface area contributed by atoms with Crippen molar-refractivity contribution >= 4 is 21.7 Å². The van der Waals surface area contributed by atoms with Crippen LogP contribution in [0.4, 0.5) is 8.78 Å². The monoisotopic (exact) mass is 456 g/mol. The van der Waals surface area contributed by atoms with Crippen LogP contribution in [0.2, 0.25) is 0 Å². The van der Waals surface area contributed by atoms with E-state index < -0.39 is 11.6 Å². The molecule has 0 radical (unpaired) electrons. The number of hydrogen-bond donors (Lipinski definition) is 2. The molecule has 0 spiro atoms. The van der Waals surface area contributed by atoms with Crippen LogP contribution in [0.25, 0.3) is 32.9 Å². The van der Waals surface area contributed by atoms with Gasteiger partial charge in [0.15, 0.2) is 5.82 Å². The molecule has 34 heavy (non-hydrogen) atoms. The summed E-state index contributed by atoms with van der Waals surface area (Å²) in [4.78, 5) is 4.50. The maximum absolute atomic E-state index is 16.4. The maximum atomic E-state index is 16.4.